The number of unbranched alkanes of at least 4 members (excludes halogenated alkanes) is 1. The predicted molar refractivity (Wildman–Crippen MR) is 78.6 cm³/mol. The summed E-state index contributed by atoms with van der Waals surface area (Å²) >= 11 is 4.36. The van der Waals surface area contributed by atoms with Gasteiger partial charge >= 0.3 is 0 Å². The Labute approximate surface area is 113 Å². The summed E-state index contributed by atoms with van der Waals surface area (Å²) in [4.78, 5) is 4.09. The zero-order valence-corrected chi connectivity index (χ0v) is 12.4. The van der Waals surface area contributed by atoms with Gasteiger partial charge in [-0.1, -0.05) is 19.8 Å². The van der Waals surface area contributed by atoms with E-state index in [1.54, 1.807) is 0 Å². The molecule has 0 amide bonds. The molecule has 0 radical (unpaired) electrons. The summed E-state index contributed by atoms with van der Waals surface area (Å²) in [5.74, 6) is 1.34. The van der Waals surface area contributed by atoms with E-state index in [-0.39, 0.29) is 0 Å². The molecule has 2 atom stereocenters. The summed E-state index contributed by atoms with van der Waals surface area (Å²) in [7, 11) is 0. The van der Waals surface area contributed by atoms with Gasteiger partial charge in [-0.15, -0.1) is 23.5 Å². The second-order valence-corrected chi connectivity index (χ2v) is 8.46. The summed E-state index contributed by atoms with van der Waals surface area (Å²) in [6, 6.07) is 0. The fourth-order valence-corrected chi connectivity index (χ4v) is 5.65. The monoisotopic (exact) mass is 270 g/mol. The molecule has 2 nitrogen and oxygen atoms in total. The lowest BCUT2D eigenvalue weighted by Gasteiger charge is -2.22. The van der Waals surface area contributed by atoms with Gasteiger partial charge in [0.15, 0.2) is 0 Å². The van der Waals surface area contributed by atoms with Gasteiger partial charge in [-0.2, -0.15) is 0 Å². The molecule has 1 aromatic rings. The van der Waals surface area contributed by atoms with E-state index in [2.05, 4.69) is 53.1 Å². The average Bonchev–Trinajstić information content (AvgIpc) is 2.94. The van der Waals surface area contributed by atoms with Crippen molar-refractivity contribution < 1.29 is 0 Å². The van der Waals surface area contributed by atoms with E-state index in [0.717, 1.165) is 11.8 Å². The first-order chi connectivity index (χ1) is 8.22. The van der Waals surface area contributed by atoms with Gasteiger partial charge in [-0.3, -0.25) is 0 Å². The first kappa shape index (κ1) is 13.3. The highest BCUT2D eigenvalue weighted by Gasteiger charge is 2.35. The van der Waals surface area contributed by atoms with Crippen LogP contribution in [0.3, 0.4) is 0 Å². The third-order valence-corrected chi connectivity index (χ3v) is 6.93. The molecule has 17 heavy (non-hydrogen) atoms. The molecule has 1 aromatic heterocycles. The van der Waals surface area contributed by atoms with Gasteiger partial charge in [-0.05, 0) is 19.8 Å². The Kier molecular flexibility index (Phi) is 4.86. The van der Waals surface area contributed by atoms with Crippen molar-refractivity contribution in [2.45, 2.75) is 55.4 Å². The number of hydrogen-bond donors (Lipinski definition) is 0. The number of nitrogens with zero attached hydrogens (tertiary/aromatic N) is 2. The molecule has 0 aliphatic carbocycles. The topological polar surface area (TPSA) is 17.8 Å². The van der Waals surface area contributed by atoms with Gasteiger partial charge in [0.05, 0.1) is 10.4 Å². The van der Waals surface area contributed by atoms with Crippen LogP contribution in [-0.2, 0) is 6.54 Å². The fourth-order valence-electron chi connectivity index (χ4n) is 2.15. The Morgan fingerprint density at radius 2 is 2.41 bits per heavy atom. The Morgan fingerprint density at radius 1 is 1.53 bits per heavy atom. The standard InChI is InChI=1S/C13H22N2S2/c1-3-4-5-12-10-16-13(2,17-12)6-8-15-9-7-14-11-15/h7,9,11-12H,3-6,8,10H2,1-2H3. The summed E-state index contributed by atoms with van der Waals surface area (Å²) in [6.45, 7) is 5.78. The fraction of sp³-hybridized carbons (Fsp3) is 0.769. The van der Waals surface area contributed by atoms with Gasteiger partial charge < -0.3 is 4.57 Å². The van der Waals surface area contributed by atoms with Crippen molar-refractivity contribution >= 4 is 23.5 Å². The summed E-state index contributed by atoms with van der Waals surface area (Å²) in [5.41, 5.74) is 0. The highest BCUT2D eigenvalue weighted by Crippen LogP contribution is 2.51. The van der Waals surface area contributed by atoms with Crippen molar-refractivity contribution in [2.24, 2.45) is 0 Å². The molecule has 2 rings (SSSR count). The van der Waals surface area contributed by atoms with Crippen LogP contribution < -0.4 is 0 Å². The lowest BCUT2D eigenvalue weighted by molar-refractivity contribution is 0.621. The molecule has 0 N–H and O–H groups in total. The van der Waals surface area contributed by atoms with Crippen molar-refractivity contribution in [3.63, 3.8) is 0 Å². The highest BCUT2D eigenvalue weighted by atomic mass is 32.2. The van der Waals surface area contributed by atoms with E-state index in [1.807, 2.05) is 12.5 Å². The summed E-state index contributed by atoms with van der Waals surface area (Å²) < 4.78 is 2.61. The van der Waals surface area contributed by atoms with Crippen molar-refractivity contribution in [1.82, 2.24) is 9.55 Å². The van der Waals surface area contributed by atoms with Crippen molar-refractivity contribution in [3.05, 3.63) is 18.7 Å². The first-order valence-corrected chi connectivity index (χ1v) is 8.36. The minimum absolute atomic E-state index is 0.419. The predicted octanol–water partition coefficient (Wildman–Crippen LogP) is 4.03. The summed E-state index contributed by atoms with van der Waals surface area (Å²) in [6.07, 6.45) is 11.2. The number of rotatable bonds is 6. The molecule has 0 bridgehead atoms. The maximum Gasteiger partial charge on any atom is 0.0945 e. The van der Waals surface area contributed by atoms with Crippen molar-refractivity contribution in [2.75, 3.05) is 5.75 Å². The van der Waals surface area contributed by atoms with Crippen LogP contribution in [0.5, 0.6) is 0 Å². The number of thioether (sulfide) groups is 2. The van der Waals surface area contributed by atoms with Crippen LogP contribution in [0.25, 0.3) is 0 Å². The zero-order valence-electron chi connectivity index (χ0n) is 10.8. The molecule has 96 valence electrons. The molecule has 2 heterocycles. The molecular weight excluding hydrogens is 248 g/mol. The van der Waals surface area contributed by atoms with Crippen molar-refractivity contribution in [3.8, 4) is 0 Å². The number of hydrogen-bond acceptors (Lipinski definition) is 3. The number of imidazole rings is 1. The van der Waals surface area contributed by atoms with Gasteiger partial charge in [-0.25, -0.2) is 4.98 Å². The lowest BCUT2D eigenvalue weighted by atomic mass is 10.2. The first-order valence-electron chi connectivity index (χ1n) is 6.49. The molecule has 0 spiro atoms. The second kappa shape index (κ2) is 6.19. The summed E-state index contributed by atoms with van der Waals surface area (Å²) in [5, 5.41) is 0.882. The molecule has 2 unspecified atom stereocenters. The van der Waals surface area contributed by atoms with E-state index >= 15 is 0 Å². The van der Waals surface area contributed by atoms with E-state index in [9.17, 15) is 0 Å². The minimum Gasteiger partial charge on any atom is -0.337 e. The van der Waals surface area contributed by atoms with Crippen LogP contribution in [0, 0.1) is 0 Å². The Hall–Kier alpha value is -0.0900. The SMILES string of the molecule is CCCCC1CSC(C)(CCn2ccnc2)S1. The molecule has 0 aromatic carbocycles. The van der Waals surface area contributed by atoms with E-state index in [1.165, 1.54) is 31.4 Å². The Bertz CT molecular complexity index is 326. The van der Waals surface area contributed by atoms with Crippen molar-refractivity contribution in [1.29, 1.82) is 0 Å². The largest absolute Gasteiger partial charge is 0.337 e. The quantitative estimate of drug-likeness (QED) is 0.777. The van der Waals surface area contributed by atoms with E-state index in [4.69, 9.17) is 0 Å². The maximum atomic E-state index is 4.09. The average molecular weight is 270 g/mol. The molecule has 1 fully saturated rings. The van der Waals surface area contributed by atoms with Gasteiger partial charge in [0.2, 0.25) is 0 Å². The Balaban J connectivity index is 1.76. The van der Waals surface area contributed by atoms with Crippen LogP contribution in [0.4, 0.5) is 0 Å². The van der Waals surface area contributed by atoms with Crippen LogP contribution in [-0.4, -0.2) is 24.6 Å². The zero-order chi connectivity index (χ0) is 12.1. The maximum absolute atomic E-state index is 4.09. The molecule has 4 heteroatoms. The lowest BCUT2D eigenvalue weighted by Crippen LogP contribution is -2.15. The minimum atomic E-state index is 0.419. The third kappa shape index (κ3) is 3.95. The molecule has 0 saturated carbocycles. The second-order valence-electron chi connectivity index (χ2n) is 4.88. The van der Waals surface area contributed by atoms with Crippen LogP contribution in [0.15, 0.2) is 18.7 Å². The normalized spacial score (nSPS) is 28.7. The number of aromatic nitrogens is 2. The molecule has 1 aliphatic rings. The van der Waals surface area contributed by atoms with E-state index in [0.29, 0.717) is 4.08 Å². The third-order valence-electron chi connectivity index (χ3n) is 3.25. The van der Waals surface area contributed by atoms with Gasteiger partial charge in [0, 0.05) is 29.9 Å². The van der Waals surface area contributed by atoms with Gasteiger partial charge in [0.25, 0.3) is 0 Å². The molecule has 1 saturated heterocycles. The Morgan fingerprint density at radius 3 is 3.12 bits per heavy atom. The molecule has 1 aliphatic heterocycles. The van der Waals surface area contributed by atoms with Gasteiger partial charge in [0.1, 0.15) is 0 Å². The van der Waals surface area contributed by atoms with Crippen LogP contribution in [0.2, 0.25) is 0 Å². The number of aryl methyl sites for hydroxylation is 1. The van der Waals surface area contributed by atoms with E-state index < -0.39 is 0 Å². The molecular formula is C13H22N2S2. The van der Waals surface area contributed by atoms with Crippen LogP contribution >= 0.6 is 23.5 Å². The van der Waals surface area contributed by atoms with Crippen LogP contribution in [0.1, 0.15) is 39.5 Å². The smallest absolute Gasteiger partial charge is 0.0945 e. The highest BCUT2D eigenvalue weighted by molar-refractivity contribution is 8.21.